The Bertz CT molecular complexity index is 688. The van der Waals surface area contributed by atoms with Gasteiger partial charge in [-0.1, -0.05) is 19.3 Å². The Balaban J connectivity index is 1.18. The molecule has 30 heavy (non-hydrogen) atoms. The average Bonchev–Trinajstić information content (AvgIpc) is 2.80. The van der Waals surface area contributed by atoms with E-state index >= 15 is 0 Å². The lowest BCUT2D eigenvalue weighted by molar-refractivity contribution is -0.140. The summed E-state index contributed by atoms with van der Waals surface area (Å²) in [4.78, 5) is 34.1. The first kappa shape index (κ1) is 21.3. The van der Waals surface area contributed by atoms with Crippen molar-refractivity contribution in [2.75, 3.05) is 26.2 Å². The number of piperidine rings is 2. The van der Waals surface area contributed by atoms with Crippen LogP contribution in [-0.2, 0) is 16.1 Å². The van der Waals surface area contributed by atoms with Crippen LogP contribution in [0.1, 0.15) is 63.4 Å². The van der Waals surface area contributed by atoms with Crippen LogP contribution >= 0.6 is 0 Å². The summed E-state index contributed by atoms with van der Waals surface area (Å²) in [6.07, 6.45) is 13.2. The molecule has 3 fully saturated rings. The van der Waals surface area contributed by atoms with Gasteiger partial charge in [0.25, 0.3) is 0 Å². The minimum atomic E-state index is 0.0817. The van der Waals surface area contributed by atoms with E-state index in [9.17, 15) is 9.59 Å². The first-order chi connectivity index (χ1) is 14.7. The number of carbonyl (C=O) groups is 2. The van der Waals surface area contributed by atoms with E-state index in [2.05, 4.69) is 27.3 Å². The number of rotatable bonds is 5. The Morgan fingerprint density at radius 1 is 0.867 bits per heavy atom. The molecule has 4 rings (SSSR count). The number of likely N-dealkylation sites (tertiary alicyclic amines) is 2. The minimum absolute atomic E-state index is 0.0817. The molecule has 1 aromatic heterocycles. The van der Waals surface area contributed by atoms with E-state index in [-0.39, 0.29) is 17.7 Å². The summed E-state index contributed by atoms with van der Waals surface area (Å²) in [5, 5.41) is 3.27. The summed E-state index contributed by atoms with van der Waals surface area (Å²) in [5.74, 6) is 0.757. The van der Waals surface area contributed by atoms with E-state index in [1.807, 2.05) is 17.3 Å². The van der Waals surface area contributed by atoms with Crippen molar-refractivity contribution in [2.45, 2.75) is 70.4 Å². The SMILES string of the molecule is O=C(NC1CCCCC1)C1CCN(C(=O)C2CCN(Cc3ccncc3)CC2)CC1. The van der Waals surface area contributed by atoms with Crippen LogP contribution in [-0.4, -0.2) is 58.8 Å². The molecule has 2 saturated heterocycles. The normalized spacial score (nSPS) is 22.7. The van der Waals surface area contributed by atoms with Crippen molar-refractivity contribution in [3.63, 3.8) is 0 Å². The van der Waals surface area contributed by atoms with E-state index in [4.69, 9.17) is 0 Å². The molecule has 0 spiro atoms. The molecule has 1 N–H and O–H groups in total. The fraction of sp³-hybridized carbons (Fsp3) is 0.708. The fourth-order valence-corrected chi connectivity index (χ4v) is 5.27. The second kappa shape index (κ2) is 10.4. The molecule has 1 aliphatic carbocycles. The van der Waals surface area contributed by atoms with E-state index < -0.39 is 0 Å². The summed E-state index contributed by atoms with van der Waals surface area (Å²) in [7, 11) is 0. The molecule has 0 unspecified atom stereocenters. The maximum Gasteiger partial charge on any atom is 0.225 e. The van der Waals surface area contributed by atoms with Crippen molar-refractivity contribution in [1.29, 1.82) is 0 Å². The number of aromatic nitrogens is 1. The molecule has 0 bridgehead atoms. The molecule has 2 aliphatic heterocycles. The van der Waals surface area contributed by atoms with Gasteiger partial charge in [0.1, 0.15) is 0 Å². The maximum atomic E-state index is 13.0. The van der Waals surface area contributed by atoms with Crippen molar-refractivity contribution < 1.29 is 9.59 Å². The summed E-state index contributed by atoms with van der Waals surface area (Å²) >= 11 is 0. The number of carbonyl (C=O) groups excluding carboxylic acids is 2. The Morgan fingerprint density at radius 2 is 1.50 bits per heavy atom. The van der Waals surface area contributed by atoms with Gasteiger partial charge < -0.3 is 10.2 Å². The molecule has 3 aliphatic rings. The molecule has 0 aromatic carbocycles. The summed E-state index contributed by atoms with van der Waals surface area (Å²) in [6.45, 7) is 4.35. The molecule has 1 aromatic rings. The Morgan fingerprint density at radius 3 is 2.17 bits per heavy atom. The van der Waals surface area contributed by atoms with E-state index in [1.54, 1.807) is 0 Å². The van der Waals surface area contributed by atoms with Crippen LogP contribution in [0.25, 0.3) is 0 Å². The lowest BCUT2D eigenvalue weighted by Crippen LogP contribution is -2.48. The summed E-state index contributed by atoms with van der Waals surface area (Å²) < 4.78 is 0. The Labute approximate surface area is 180 Å². The quantitative estimate of drug-likeness (QED) is 0.807. The van der Waals surface area contributed by atoms with Crippen LogP contribution < -0.4 is 5.32 Å². The van der Waals surface area contributed by atoms with Gasteiger partial charge in [-0.3, -0.25) is 19.5 Å². The number of nitrogens with one attached hydrogen (secondary N) is 1. The van der Waals surface area contributed by atoms with Gasteiger partial charge in [0, 0.05) is 49.9 Å². The largest absolute Gasteiger partial charge is 0.353 e. The van der Waals surface area contributed by atoms with Crippen molar-refractivity contribution in [3.05, 3.63) is 30.1 Å². The first-order valence-corrected chi connectivity index (χ1v) is 11.9. The van der Waals surface area contributed by atoms with Gasteiger partial charge in [0.15, 0.2) is 0 Å². The highest BCUT2D eigenvalue weighted by Gasteiger charge is 2.33. The molecule has 164 valence electrons. The molecule has 6 nitrogen and oxygen atoms in total. The predicted octanol–water partition coefficient (Wildman–Crippen LogP) is 2.98. The minimum Gasteiger partial charge on any atom is -0.353 e. The highest BCUT2D eigenvalue weighted by molar-refractivity contribution is 5.81. The zero-order valence-corrected chi connectivity index (χ0v) is 18.1. The van der Waals surface area contributed by atoms with Gasteiger partial charge in [-0.05, 0) is 69.3 Å². The lowest BCUT2D eigenvalue weighted by Gasteiger charge is -2.37. The smallest absolute Gasteiger partial charge is 0.225 e. The molecule has 0 atom stereocenters. The number of pyridine rings is 1. The second-order valence-electron chi connectivity index (χ2n) is 9.35. The predicted molar refractivity (Wildman–Crippen MR) is 117 cm³/mol. The van der Waals surface area contributed by atoms with Gasteiger partial charge in [0.2, 0.25) is 11.8 Å². The Kier molecular flexibility index (Phi) is 7.37. The van der Waals surface area contributed by atoms with Crippen molar-refractivity contribution >= 4 is 11.8 Å². The van der Waals surface area contributed by atoms with E-state index in [1.165, 1.54) is 24.8 Å². The maximum absolute atomic E-state index is 13.0. The number of nitrogens with zero attached hydrogens (tertiary/aromatic N) is 3. The fourth-order valence-electron chi connectivity index (χ4n) is 5.27. The molecular weight excluding hydrogens is 376 g/mol. The first-order valence-electron chi connectivity index (χ1n) is 11.9. The van der Waals surface area contributed by atoms with Gasteiger partial charge in [-0.25, -0.2) is 0 Å². The van der Waals surface area contributed by atoms with Gasteiger partial charge in [-0.2, -0.15) is 0 Å². The topological polar surface area (TPSA) is 65.5 Å². The van der Waals surface area contributed by atoms with E-state index in [0.29, 0.717) is 11.9 Å². The van der Waals surface area contributed by atoms with Crippen LogP contribution in [0, 0.1) is 11.8 Å². The molecule has 0 radical (unpaired) electrons. The molecular formula is C24H36N4O2. The Hall–Kier alpha value is -1.95. The van der Waals surface area contributed by atoms with Crippen LogP contribution in [0.4, 0.5) is 0 Å². The molecule has 1 saturated carbocycles. The monoisotopic (exact) mass is 412 g/mol. The summed E-state index contributed by atoms with van der Waals surface area (Å²) in [5.41, 5.74) is 1.28. The highest BCUT2D eigenvalue weighted by Crippen LogP contribution is 2.25. The highest BCUT2D eigenvalue weighted by atomic mass is 16.2. The lowest BCUT2D eigenvalue weighted by atomic mass is 9.90. The third-order valence-electron chi connectivity index (χ3n) is 7.22. The molecule has 6 heteroatoms. The average molecular weight is 413 g/mol. The standard InChI is InChI=1S/C24H36N4O2/c29-23(26-22-4-2-1-3-5-22)20-10-16-28(17-11-20)24(30)21-8-14-27(15-9-21)18-19-6-12-25-13-7-19/h6-7,12-13,20-22H,1-5,8-11,14-18H2,(H,26,29). The van der Waals surface area contributed by atoms with E-state index in [0.717, 1.165) is 71.2 Å². The zero-order chi connectivity index (χ0) is 20.8. The molecule has 3 heterocycles. The second-order valence-corrected chi connectivity index (χ2v) is 9.35. The summed E-state index contributed by atoms with van der Waals surface area (Å²) in [6, 6.07) is 4.50. The zero-order valence-electron chi connectivity index (χ0n) is 18.1. The van der Waals surface area contributed by atoms with Crippen LogP contribution in [0.3, 0.4) is 0 Å². The van der Waals surface area contributed by atoms with Crippen LogP contribution in [0.15, 0.2) is 24.5 Å². The van der Waals surface area contributed by atoms with Gasteiger partial charge in [0.05, 0.1) is 0 Å². The van der Waals surface area contributed by atoms with Crippen LogP contribution in [0.5, 0.6) is 0 Å². The number of hydrogen-bond acceptors (Lipinski definition) is 4. The van der Waals surface area contributed by atoms with Crippen LogP contribution in [0.2, 0.25) is 0 Å². The van der Waals surface area contributed by atoms with Crippen molar-refractivity contribution in [2.24, 2.45) is 11.8 Å². The van der Waals surface area contributed by atoms with Gasteiger partial charge in [-0.15, -0.1) is 0 Å². The number of amides is 2. The van der Waals surface area contributed by atoms with Gasteiger partial charge >= 0.3 is 0 Å². The van der Waals surface area contributed by atoms with Crippen molar-refractivity contribution in [1.82, 2.24) is 20.1 Å². The van der Waals surface area contributed by atoms with Crippen molar-refractivity contribution in [3.8, 4) is 0 Å². The third kappa shape index (κ3) is 5.60. The third-order valence-corrected chi connectivity index (χ3v) is 7.22. The number of hydrogen-bond donors (Lipinski definition) is 1. The molecule has 2 amide bonds.